The molecule has 0 aromatic rings. The normalized spacial score (nSPS) is 30.3. The molecule has 0 aromatic carbocycles. The number of hydrogen-bond donors (Lipinski definition) is 2. The Hall–Kier alpha value is 1.63. The highest BCUT2D eigenvalue weighted by atomic mass is 35.5. The van der Waals surface area contributed by atoms with E-state index in [0.29, 0.717) is 11.5 Å². The Morgan fingerprint density at radius 1 is 0.778 bits per heavy atom. The molecule has 0 aromatic heterocycles. The summed E-state index contributed by atoms with van der Waals surface area (Å²) in [5, 5.41) is -3.42. The molecule has 2 amide bonds. The second kappa shape index (κ2) is 15.4. The predicted molar refractivity (Wildman–Crippen MR) is 127 cm³/mol. The number of nitrogens with two attached hydrogens (primary N) is 2. The highest BCUT2D eigenvalue weighted by Gasteiger charge is 2.46. The van der Waals surface area contributed by atoms with Crippen molar-refractivity contribution in [1.82, 2.24) is 4.90 Å². The van der Waals surface area contributed by atoms with E-state index in [4.69, 9.17) is 81.1 Å². The molecule has 162 valence electrons. The van der Waals surface area contributed by atoms with Crippen molar-refractivity contribution in [3.8, 4) is 0 Å². The van der Waals surface area contributed by atoms with Crippen LogP contribution in [0.15, 0.2) is 0 Å². The van der Waals surface area contributed by atoms with E-state index in [-0.39, 0.29) is 18.4 Å². The molecule has 0 atom stereocenters. The molecule has 5 nitrogen and oxygen atoms in total. The molecule has 1 aliphatic rings. The molecule has 0 radical (unpaired) electrons. The first-order chi connectivity index (χ1) is 11.9. The minimum Gasteiger partial charge on any atom is -0.361 e. The molecule has 1 aliphatic carbocycles. The van der Waals surface area contributed by atoms with Crippen molar-refractivity contribution in [2.75, 3.05) is 25.6 Å². The lowest BCUT2D eigenvalue weighted by molar-refractivity contribution is 0.266. The molecule has 0 unspecified atom stereocenters. The lowest BCUT2D eigenvalue weighted by Crippen LogP contribution is -2.52. The standard InChI is InChI=1S/C7H15N3O2S2.C6H6Cl6.ClH/c1-10(2)5(3-13-6(8)11)4-14-7(9)12;7-1-2(8)4(10)6(12)5(11)3(1)9;/h5H,3-4H2,1-2H3,(H2,8,11)(H2,9,12);1-6H;1H. The van der Waals surface area contributed by atoms with Crippen LogP contribution in [-0.4, -0.2) is 79.3 Å². The van der Waals surface area contributed by atoms with Crippen molar-refractivity contribution in [3.63, 3.8) is 0 Å². The molecule has 0 spiro atoms. The summed E-state index contributed by atoms with van der Waals surface area (Å²) in [6.07, 6.45) is 0. The fourth-order valence-corrected chi connectivity index (χ4v) is 5.78. The molecule has 27 heavy (non-hydrogen) atoms. The Labute approximate surface area is 204 Å². The summed E-state index contributed by atoms with van der Waals surface area (Å²) in [6.45, 7) is 0. The topological polar surface area (TPSA) is 89.4 Å². The maximum atomic E-state index is 10.5. The monoisotopic (exact) mass is 561 g/mol. The van der Waals surface area contributed by atoms with Gasteiger partial charge in [0.15, 0.2) is 0 Å². The van der Waals surface area contributed by atoms with Gasteiger partial charge in [-0.05, 0) is 14.1 Å². The number of rotatable bonds is 5. The summed E-state index contributed by atoms with van der Waals surface area (Å²) < 4.78 is 0. The van der Waals surface area contributed by atoms with Gasteiger partial charge in [0.2, 0.25) is 0 Å². The van der Waals surface area contributed by atoms with Crippen molar-refractivity contribution >= 4 is 116 Å². The van der Waals surface area contributed by atoms with Gasteiger partial charge in [-0.25, -0.2) is 0 Å². The average molecular weight is 565 g/mol. The van der Waals surface area contributed by atoms with Gasteiger partial charge in [-0.3, -0.25) is 9.59 Å². The number of halogens is 7. The molecule has 1 saturated carbocycles. The van der Waals surface area contributed by atoms with E-state index in [9.17, 15) is 9.59 Å². The molecule has 1 fully saturated rings. The lowest BCUT2D eigenvalue weighted by atomic mass is 9.97. The van der Waals surface area contributed by atoms with Crippen LogP contribution in [0.4, 0.5) is 9.59 Å². The third kappa shape index (κ3) is 11.6. The molecular formula is C13H22Cl7N3O2S2. The largest absolute Gasteiger partial charge is 0.361 e. The second-order valence-corrected chi connectivity index (χ2v) is 10.6. The van der Waals surface area contributed by atoms with Crippen LogP contribution in [-0.2, 0) is 0 Å². The number of hydrogen-bond acceptors (Lipinski definition) is 5. The van der Waals surface area contributed by atoms with E-state index < -0.39 is 42.7 Å². The van der Waals surface area contributed by atoms with Crippen molar-refractivity contribution in [2.24, 2.45) is 11.5 Å². The van der Waals surface area contributed by atoms with Gasteiger partial charge in [0.05, 0.1) is 32.3 Å². The van der Waals surface area contributed by atoms with Gasteiger partial charge < -0.3 is 16.4 Å². The van der Waals surface area contributed by atoms with Crippen LogP contribution in [0.2, 0.25) is 0 Å². The Balaban J connectivity index is 0. The smallest absolute Gasteiger partial charge is 0.276 e. The Kier molecular flexibility index (Phi) is 17.6. The quantitative estimate of drug-likeness (QED) is 0.477. The van der Waals surface area contributed by atoms with Crippen LogP contribution in [0.1, 0.15) is 0 Å². The van der Waals surface area contributed by atoms with Gasteiger partial charge in [0, 0.05) is 17.5 Å². The SMILES string of the molecule is CN(C)C(CSC(N)=O)CSC(N)=O.Cl.ClC1C(Cl)C(Cl)C(Cl)C(Cl)C1Cl. The van der Waals surface area contributed by atoms with Crippen molar-refractivity contribution < 1.29 is 9.59 Å². The predicted octanol–water partition coefficient (Wildman–Crippen LogP) is 4.61. The first kappa shape index (κ1) is 30.8. The highest BCUT2D eigenvalue weighted by Crippen LogP contribution is 2.39. The van der Waals surface area contributed by atoms with E-state index in [2.05, 4.69) is 0 Å². The number of carbonyl (C=O) groups excluding carboxylic acids is 2. The zero-order valence-electron chi connectivity index (χ0n) is 14.4. The molecular weight excluding hydrogens is 542 g/mol. The maximum absolute atomic E-state index is 10.5. The highest BCUT2D eigenvalue weighted by molar-refractivity contribution is 8.14. The van der Waals surface area contributed by atoms with Gasteiger partial charge in [-0.1, -0.05) is 23.5 Å². The van der Waals surface area contributed by atoms with E-state index >= 15 is 0 Å². The minimum atomic E-state index is -0.437. The molecule has 0 aliphatic heterocycles. The number of primary amides is 2. The number of thioether (sulfide) groups is 2. The Morgan fingerprint density at radius 2 is 1.00 bits per heavy atom. The summed E-state index contributed by atoms with van der Waals surface area (Å²) in [5.41, 5.74) is 10.0. The third-order valence-corrected chi connectivity index (χ3v) is 9.09. The Bertz CT molecular complexity index is 391. The summed E-state index contributed by atoms with van der Waals surface area (Å²) in [4.78, 5) is 23.0. The van der Waals surface area contributed by atoms with Gasteiger partial charge in [0.1, 0.15) is 0 Å². The zero-order valence-corrected chi connectivity index (χ0v) is 21.4. The van der Waals surface area contributed by atoms with Crippen LogP contribution < -0.4 is 11.5 Å². The molecule has 0 saturated heterocycles. The van der Waals surface area contributed by atoms with Crippen LogP contribution in [0.5, 0.6) is 0 Å². The van der Waals surface area contributed by atoms with E-state index in [1.807, 2.05) is 19.0 Å². The van der Waals surface area contributed by atoms with Crippen molar-refractivity contribution in [1.29, 1.82) is 0 Å². The minimum absolute atomic E-state index is 0. The number of amides is 2. The first-order valence-electron chi connectivity index (χ1n) is 7.25. The fraction of sp³-hybridized carbons (Fsp3) is 0.846. The molecule has 4 N–H and O–H groups in total. The van der Waals surface area contributed by atoms with E-state index in [0.717, 1.165) is 23.5 Å². The zero-order chi connectivity index (χ0) is 20.6. The fourth-order valence-electron chi connectivity index (χ4n) is 1.76. The second-order valence-electron chi connectivity index (χ2n) is 5.54. The summed E-state index contributed by atoms with van der Waals surface area (Å²) in [5.74, 6) is 1.14. The first-order valence-corrected chi connectivity index (χ1v) is 11.8. The van der Waals surface area contributed by atoms with Crippen LogP contribution in [0, 0.1) is 0 Å². The van der Waals surface area contributed by atoms with Crippen molar-refractivity contribution in [2.45, 2.75) is 38.3 Å². The summed E-state index contributed by atoms with van der Waals surface area (Å²) >= 11 is 37.4. The average Bonchev–Trinajstić information content (AvgIpc) is 2.56. The van der Waals surface area contributed by atoms with Crippen LogP contribution in [0.3, 0.4) is 0 Å². The number of carbonyl (C=O) groups is 2. The van der Waals surface area contributed by atoms with Gasteiger partial charge in [0.25, 0.3) is 10.5 Å². The summed E-state index contributed by atoms with van der Waals surface area (Å²) in [7, 11) is 3.77. The summed E-state index contributed by atoms with van der Waals surface area (Å²) in [6, 6.07) is 0.116. The van der Waals surface area contributed by atoms with Gasteiger partial charge >= 0.3 is 0 Å². The molecule has 0 heterocycles. The van der Waals surface area contributed by atoms with E-state index in [1.165, 1.54) is 0 Å². The lowest BCUT2D eigenvalue weighted by Gasteiger charge is -2.37. The van der Waals surface area contributed by atoms with Gasteiger partial charge in [-0.2, -0.15) is 0 Å². The Morgan fingerprint density at radius 3 is 1.15 bits per heavy atom. The molecule has 14 heteroatoms. The molecule has 1 rings (SSSR count). The van der Waals surface area contributed by atoms with E-state index in [1.54, 1.807) is 0 Å². The van der Waals surface area contributed by atoms with Gasteiger partial charge in [-0.15, -0.1) is 82.0 Å². The number of nitrogens with zero attached hydrogens (tertiary/aromatic N) is 1. The molecule has 0 bridgehead atoms. The number of alkyl halides is 6. The third-order valence-electron chi connectivity index (χ3n) is 3.39. The van der Waals surface area contributed by atoms with Crippen LogP contribution >= 0.6 is 106 Å². The van der Waals surface area contributed by atoms with Crippen LogP contribution in [0.25, 0.3) is 0 Å². The van der Waals surface area contributed by atoms with Crippen molar-refractivity contribution in [3.05, 3.63) is 0 Å². The maximum Gasteiger partial charge on any atom is 0.276 e.